The number of thiophene rings is 1. The summed E-state index contributed by atoms with van der Waals surface area (Å²) >= 11 is 4.99. The normalized spacial score (nSPS) is 10.7. The highest BCUT2D eigenvalue weighted by Gasteiger charge is 2.15. The van der Waals surface area contributed by atoms with Crippen LogP contribution < -0.4 is 0 Å². The van der Waals surface area contributed by atoms with Crippen molar-refractivity contribution in [1.82, 2.24) is 15.0 Å². The average Bonchev–Trinajstić information content (AvgIpc) is 3.19. The Morgan fingerprint density at radius 2 is 2.22 bits per heavy atom. The maximum atomic E-state index is 12.2. The van der Waals surface area contributed by atoms with Gasteiger partial charge in [0.1, 0.15) is 0 Å². The summed E-state index contributed by atoms with van der Waals surface area (Å²) in [6.07, 6.45) is 0.390. The van der Waals surface area contributed by atoms with E-state index in [0.717, 1.165) is 14.9 Å². The Morgan fingerprint density at radius 1 is 1.35 bits per heavy atom. The topological polar surface area (TPSA) is 59.2 Å². The molecule has 0 atom stereocenters. The molecule has 2 aromatic heterocycles. The van der Waals surface area contributed by atoms with Gasteiger partial charge in [0, 0.05) is 22.0 Å². The maximum Gasteiger partial charge on any atom is 0.246 e. The minimum absolute atomic E-state index is 0.0228. The number of benzene rings is 1. The number of rotatable bonds is 5. The van der Waals surface area contributed by atoms with Crippen molar-refractivity contribution >= 4 is 33.2 Å². The summed E-state index contributed by atoms with van der Waals surface area (Å²) in [6, 6.07) is 11.6. The number of hydrogen-bond acceptors (Lipinski definition) is 5. The molecule has 1 aromatic carbocycles. The third-order valence-corrected chi connectivity index (χ3v) is 4.62. The molecule has 0 saturated carbocycles. The van der Waals surface area contributed by atoms with E-state index in [4.69, 9.17) is 4.52 Å². The van der Waals surface area contributed by atoms with Crippen LogP contribution in [0.3, 0.4) is 0 Å². The lowest BCUT2D eigenvalue weighted by Gasteiger charge is -2.13. The van der Waals surface area contributed by atoms with Gasteiger partial charge >= 0.3 is 0 Å². The molecule has 0 unspecified atom stereocenters. The van der Waals surface area contributed by atoms with Gasteiger partial charge in [-0.05, 0) is 23.6 Å². The van der Waals surface area contributed by atoms with E-state index in [2.05, 4.69) is 26.1 Å². The lowest BCUT2D eigenvalue weighted by molar-refractivity contribution is -0.129. The zero-order chi connectivity index (χ0) is 16.2. The number of nitrogens with zero attached hydrogens (tertiary/aromatic N) is 3. The molecule has 5 nitrogen and oxygen atoms in total. The number of likely N-dealkylation sites (N-methyl/N-ethyl adjacent to an activating group) is 1. The highest BCUT2D eigenvalue weighted by atomic mass is 79.9. The zero-order valence-corrected chi connectivity index (χ0v) is 14.8. The summed E-state index contributed by atoms with van der Waals surface area (Å²) in [4.78, 5) is 19.2. The van der Waals surface area contributed by atoms with Crippen LogP contribution in [0.1, 0.15) is 10.8 Å². The Morgan fingerprint density at radius 3 is 2.96 bits per heavy atom. The van der Waals surface area contributed by atoms with Crippen molar-refractivity contribution in [2.24, 2.45) is 0 Å². The SMILES string of the molecule is CN(Cc1nc(-c2cccc(Br)c2)no1)C(=O)Cc1cccs1. The van der Waals surface area contributed by atoms with Crippen LogP contribution in [0.5, 0.6) is 0 Å². The smallest absolute Gasteiger partial charge is 0.246 e. The van der Waals surface area contributed by atoms with Crippen LogP contribution in [-0.4, -0.2) is 28.0 Å². The van der Waals surface area contributed by atoms with Gasteiger partial charge in [-0.25, -0.2) is 0 Å². The first kappa shape index (κ1) is 15.9. The van der Waals surface area contributed by atoms with E-state index in [9.17, 15) is 4.79 Å². The summed E-state index contributed by atoms with van der Waals surface area (Å²) in [6.45, 7) is 0.297. The largest absolute Gasteiger partial charge is 0.337 e. The first-order valence-electron chi connectivity index (χ1n) is 6.96. The summed E-state index contributed by atoms with van der Waals surface area (Å²) in [5.41, 5.74) is 0.863. The molecule has 0 aliphatic rings. The van der Waals surface area contributed by atoms with E-state index in [1.165, 1.54) is 0 Å². The predicted molar refractivity (Wildman–Crippen MR) is 91.9 cm³/mol. The van der Waals surface area contributed by atoms with Crippen LogP contribution in [0.4, 0.5) is 0 Å². The first-order valence-corrected chi connectivity index (χ1v) is 8.64. The van der Waals surface area contributed by atoms with Crippen molar-refractivity contribution in [3.63, 3.8) is 0 Å². The Hall–Kier alpha value is -1.99. The second-order valence-corrected chi connectivity index (χ2v) is 6.98. The van der Waals surface area contributed by atoms with Gasteiger partial charge < -0.3 is 9.42 Å². The Kier molecular flexibility index (Phi) is 4.88. The number of amides is 1. The van der Waals surface area contributed by atoms with Gasteiger partial charge in [0.2, 0.25) is 17.6 Å². The number of hydrogen-bond donors (Lipinski definition) is 0. The van der Waals surface area contributed by atoms with E-state index in [0.29, 0.717) is 24.7 Å². The standard InChI is InChI=1S/C16H14BrN3O2S/c1-20(15(21)9-13-6-3-7-23-13)10-14-18-16(19-22-14)11-4-2-5-12(17)8-11/h2-8H,9-10H2,1H3. The first-order chi connectivity index (χ1) is 11.1. The predicted octanol–water partition coefficient (Wildman–Crippen LogP) is 3.76. The molecule has 0 saturated heterocycles. The van der Waals surface area contributed by atoms with Crippen LogP contribution in [0, 0.1) is 0 Å². The van der Waals surface area contributed by atoms with Crippen LogP contribution >= 0.6 is 27.3 Å². The van der Waals surface area contributed by atoms with Crippen molar-refractivity contribution in [2.75, 3.05) is 7.05 Å². The molecule has 23 heavy (non-hydrogen) atoms. The molecule has 0 fully saturated rings. The molecule has 0 aliphatic heterocycles. The minimum Gasteiger partial charge on any atom is -0.337 e. The monoisotopic (exact) mass is 391 g/mol. The quantitative estimate of drug-likeness (QED) is 0.664. The minimum atomic E-state index is 0.0228. The van der Waals surface area contributed by atoms with E-state index in [1.807, 2.05) is 41.8 Å². The lowest BCUT2D eigenvalue weighted by atomic mass is 10.2. The number of carbonyl (C=O) groups is 1. The Labute approximate surface area is 146 Å². The summed E-state index contributed by atoms with van der Waals surface area (Å²) in [5.74, 6) is 0.956. The summed E-state index contributed by atoms with van der Waals surface area (Å²) in [5, 5.41) is 5.94. The average molecular weight is 392 g/mol. The maximum absolute atomic E-state index is 12.2. The molecule has 1 amide bonds. The molecule has 0 radical (unpaired) electrons. The van der Waals surface area contributed by atoms with Gasteiger partial charge in [-0.15, -0.1) is 11.3 Å². The molecule has 3 rings (SSSR count). The molecule has 3 aromatic rings. The molecular weight excluding hydrogens is 378 g/mol. The van der Waals surface area contributed by atoms with Crippen LogP contribution in [0.25, 0.3) is 11.4 Å². The van der Waals surface area contributed by atoms with E-state index in [-0.39, 0.29) is 5.91 Å². The molecule has 0 bridgehead atoms. The fourth-order valence-electron chi connectivity index (χ4n) is 2.05. The van der Waals surface area contributed by atoms with E-state index < -0.39 is 0 Å². The van der Waals surface area contributed by atoms with Gasteiger partial charge in [-0.3, -0.25) is 4.79 Å². The van der Waals surface area contributed by atoms with E-state index in [1.54, 1.807) is 23.3 Å². The molecular formula is C16H14BrN3O2S. The van der Waals surface area contributed by atoms with Crippen LogP contribution in [0.2, 0.25) is 0 Å². The van der Waals surface area contributed by atoms with Crippen molar-refractivity contribution in [1.29, 1.82) is 0 Å². The van der Waals surface area contributed by atoms with Crippen molar-refractivity contribution in [2.45, 2.75) is 13.0 Å². The lowest BCUT2D eigenvalue weighted by Crippen LogP contribution is -2.27. The summed E-state index contributed by atoms with van der Waals surface area (Å²) in [7, 11) is 1.74. The molecule has 0 spiro atoms. The number of halogens is 1. The van der Waals surface area contributed by atoms with Crippen LogP contribution in [0.15, 0.2) is 50.8 Å². The van der Waals surface area contributed by atoms with Gasteiger partial charge in [0.15, 0.2) is 0 Å². The number of aromatic nitrogens is 2. The van der Waals surface area contributed by atoms with Crippen molar-refractivity contribution in [3.8, 4) is 11.4 Å². The fourth-order valence-corrected chi connectivity index (χ4v) is 3.15. The second-order valence-electron chi connectivity index (χ2n) is 5.03. The van der Waals surface area contributed by atoms with Gasteiger partial charge in [0.25, 0.3) is 0 Å². The Balaban J connectivity index is 1.65. The van der Waals surface area contributed by atoms with Crippen molar-refractivity contribution < 1.29 is 9.32 Å². The second kappa shape index (κ2) is 7.06. The van der Waals surface area contributed by atoms with Gasteiger partial charge in [-0.1, -0.05) is 39.3 Å². The third kappa shape index (κ3) is 4.05. The number of carbonyl (C=O) groups excluding carboxylic acids is 1. The molecule has 7 heteroatoms. The molecule has 0 N–H and O–H groups in total. The molecule has 0 aliphatic carbocycles. The fraction of sp³-hybridized carbons (Fsp3) is 0.188. The highest BCUT2D eigenvalue weighted by molar-refractivity contribution is 9.10. The summed E-state index contributed by atoms with van der Waals surface area (Å²) < 4.78 is 6.20. The Bertz CT molecular complexity index is 801. The van der Waals surface area contributed by atoms with Gasteiger partial charge in [0.05, 0.1) is 13.0 Å². The van der Waals surface area contributed by atoms with Gasteiger partial charge in [-0.2, -0.15) is 4.98 Å². The molecule has 118 valence electrons. The zero-order valence-electron chi connectivity index (χ0n) is 12.4. The van der Waals surface area contributed by atoms with Crippen molar-refractivity contribution in [3.05, 3.63) is 57.0 Å². The molecule has 2 heterocycles. The van der Waals surface area contributed by atoms with Crippen LogP contribution in [-0.2, 0) is 17.8 Å². The highest BCUT2D eigenvalue weighted by Crippen LogP contribution is 2.20. The van der Waals surface area contributed by atoms with E-state index >= 15 is 0 Å². The third-order valence-electron chi connectivity index (χ3n) is 3.25.